The molecule has 0 heterocycles. The molecule has 0 bridgehead atoms. The molecule has 1 rings (SSSR count). The van der Waals surface area contributed by atoms with Crippen molar-refractivity contribution >= 4 is 27.3 Å². The lowest BCUT2D eigenvalue weighted by Crippen LogP contribution is -2.29. The first-order valence-electron chi connectivity index (χ1n) is 6.07. The Morgan fingerprint density at radius 2 is 2.17 bits per heavy atom. The molecule has 0 saturated heterocycles. The Morgan fingerprint density at radius 3 is 2.67 bits per heavy atom. The van der Waals surface area contributed by atoms with Crippen LogP contribution in [0, 0.1) is 10.1 Å². The van der Waals surface area contributed by atoms with Crippen LogP contribution in [0.4, 0.5) is 11.4 Å². The highest BCUT2D eigenvalue weighted by Crippen LogP contribution is 2.28. The van der Waals surface area contributed by atoms with E-state index in [1.807, 2.05) is 13.1 Å². The largest absolute Gasteiger partial charge is 0.372 e. The lowest BCUT2D eigenvalue weighted by molar-refractivity contribution is -0.384. The number of hydrogen-bond donors (Lipinski definition) is 0. The van der Waals surface area contributed by atoms with Gasteiger partial charge < -0.3 is 4.90 Å². The molecule has 0 aliphatic heterocycles. The van der Waals surface area contributed by atoms with Crippen molar-refractivity contribution in [2.24, 2.45) is 0 Å². The van der Waals surface area contributed by atoms with Crippen LogP contribution in [0.15, 0.2) is 18.2 Å². The summed E-state index contributed by atoms with van der Waals surface area (Å²) in [4.78, 5) is 12.6. The zero-order chi connectivity index (χ0) is 13.7. The number of halogens is 1. The number of anilines is 1. The average Bonchev–Trinajstić information content (AvgIpc) is 2.37. The van der Waals surface area contributed by atoms with Crippen molar-refractivity contribution < 1.29 is 4.92 Å². The van der Waals surface area contributed by atoms with Gasteiger partial charge in [0.2, 0.25) is 0 Å². The molecule has 18 heavy (non-hydrogen) atoms. The van der Waals surface area contributed by atoms with Gasteiger partial charge in [-0.1, -0.05) is 29.3 Å². The quantitative estimate of drug-likeness (QED) is 0.451. The Hall–Kier alpha value is -1.10. The minimum Gasteiger partial charge on any atom is -0.372 e. The van der Waals surface area contributed by atoms with E-state index in [1.54, 1.807) is 12.1 Å². The van der Waals surface area contributed by atoms with Gasteiger partial charge in [0.15, 0.2) is 0 Å². The van der Waals surface area contributed by atoms with Crippen LogP contribution in [-0.2, 0) is 5.33 Å². The van der Waals surface area contributed by atoms with Gasteiger partial charge in [-0.3, -0.25) is 10.1 Å². The Balaban J connectivity index is 3.05. The van der Waals surface area contributed by atoms with E-state index in [-0.39, 0.29) is 10.6 Å². The van der Waals surface area contributed by atoms with Gasteiger partial charge >= 0.3 is 0 Å². The minimum absolute atomic E-state index is 0.143. The maximum absolute atomic E-state index is 10.8. The van der Waals surface area contributed by atoms with Crippen molar-refractivity contribution in [2.75, 3.05) is 11.9 Å². The van der Waals surface area contributed by atoms with Crippen LogP contribution >= 0.6 is 15.9 Å². The van der Waals surface area contributed by atoms with E-state index in [0.29, 0.717) is 11.4 Å². The van der Waals surface area contributed by atoms with Gasteiger partial charge in [-0.15, -0.1) is 0 Å². The fourth-order valence-corrected chi connectivity index (χ4v) is 2.43. The number of alkyl halides is 1. The highest BCUT2D eigenvalue weighted by Gasteiger charge is 2.15. The van der Waals surface area contributed by atoms with Crippen LogP contribution in [0.25, 0.3) is 0 Å². The number of nitrogens with zero attached hydrogens (tertiary/aromatic N) is 2. The summed E-state index contributed by atoms with van der Waals surface area (Å²) in [6.07, 6.45) is 2.23. The summed E-state index contributed by atoms with van der Waals surface area (Å²) in [6.45, 7) is 4.33. The first-order valence-corrected chi connectivity index (χ1v) is 7.19. The Labute approximate surface area is 116 Å². The molecular weight excluding hydrogens is 296 g/mol. The maximum atomic E-state index is 10.8. The number of nitro benzene ring substituents is 1. The van der Waals surface area contributed by atoms with Gasteiger partial charge in [-0.25, -0.2) is 0 Å². The Bertz CT molecular complexity index is 423. The SMILES string of the molecule is CCCC(C)N(C)c1ccc([N+](=O)[O-])cc1CBr. The van der Waals surface area contributed by atoms with Crippen molar-refractivity contribution in [2.45, 2.75) is 38.1 Å². The number of non-ortho nitro benzene ring substituents is 1. The summed E-state index contributed by atoms with van der Waals surface area (Å²) < 4.78 is 0. The van der Waals surface area contributed by atoms with Crippen LogP contribution in [0.2, 0.25) is 0 Å². The molecule has 0 aromatic heterocycles. The molecule has 1 aromatic carbocycles. The van der Waals surface area contributed by atoms with Crippen LogP contribution in [0.3, 0.4) is 0 Å². The summed E-state index contributed by atoms with van der Waals surface area (Å²) in [6, 6.07) is 5.46. The summed E-state index contributed by atoms with van der Waals surface area (Å²) in [5.74, 6) is 0. The van der Waals surface area contributed by atoms with E-state index in [0.717, 1.165) is 24.1 Å². The molecule has 0 radical (unpaired) electrons. The summed E-state index contributed by atoms with van der Waals surface area (Å²) >= 11 is 3.40. The normalized spacial score (nSPS) is 12.2. The molecule has 1 unspecified atom stereocenters. The predicted molar refractivity (Wildman–Crippen MR) is 78.5 cm³/mol. The van der Waals surface area contributed by atoms with E-state index in [4.69, 9.17) is 0 Å². The van der Waals surface area contributed by atoms with Crippen molar-refractivity contribution in [3.63, 3.8) is 0 Å². The highest BCUT2D eigenvalue weighted by atomic mass is 79.9. The standard InChI is InChI=1S/C13H19BrN2O2/c1-4-5-10(2)15(3)13-7-6-12(16(17)18)8-11(13)9-14/h6-8,10H,4-5,9H2,1-3H3. The fraction of sp³-hybridized carbons (Fsp3) is 0.538. The van der Waals surface area contributed by atoms with E-state index in [1.165, 1.54) is 0 Å². The zero-order valence-electron chi connectivity index (χ0n) is 11.0. The lowest BCUT2D eigenvalue weighted by atomic mass is 10.1. The van der Waals surface area contributed by atoms with Crippen LogP contribution in [0.1, 0.15) is 32.3 Å². The van der Waals surface area contributed by atoms with Gasteiger partial charge in [0.05, 0.1) is 4.92 Å². The third-order valence-electron chi connectivity index (χ3n) is 3.17. The van der Waals surface area contributed by atoms with Gasteiger partial charge in [0, 0.05) is 36.2 Å². The van der Waals surface area contributed by atoms with Crippen LogP contribution < -0.4 is 4.90 Å². The highest BCUT2D eigenvalue weighted by molar-refractivity contribution is 9.08. The van der Waals surface area contributed by atoms with Gasteiger partial charge in [0.1, 0.15) is 0 Å². The molecule has 100 valence electrons. The Morgan fingerprint density at radius 1 is 1.50 bits per heavy atom. The molecule has 0 N–H and O–H groups in total. The molecule has 0 amide bonds. The second-order valence-corrected chi connectivity index (χ2v) is 5.01. The van der Waals surface area contributed by atoms with Crippen LogP contribution in [-0.4, -0.2) is 18.0 Å². The third-order valence-corrected chi connectivity index (χ3v) is 3.77. The average molecular weight is 315 g/mol. The van der Waals surface area contributed by atoms with Crippen molar-refractivity contribution in [3.05, 3.63) is 33.9 Å². The molecule has 0 aliphatic rings. The molecule has 4 nitrogen and oxygen atoms in total. The molecule has 0 aliphatic carbocycles. The monoisotopic (exact) mass is 314 g/mol. The Kier molecular flexibility index (Phi) is 5.59. The number of benzene rings is 1. The molecule has 1 aromatic rings. The molecule has 0 saturated carbocycles. The van der Waals surface area contributed by atoms with E-state index < -0.39 is 0 Å². The van der Waals surface area contributed by atoms with E-state index >= 15 is 0 Å². The molecule has 1 atom stereocenters. The topological polar surface area (TPSA) is 46.4 Å². The van der Waals surface area contributed by atoms with Crippen molar-refractivity contribution in [1.29, 1.82) is 0 Å². The second-order valence-electron chi connectivity index (χ2n) is 4.45. The molecule has 5 heteroatoms. The lowest BCUT2D eigenvalue weighted by Gasteiger charge is -2.28. The van der Waals surface area contributed by atoms with Gasteiger partial charge in [-0.05, 0) is 25.0 Å². The smallest absolute Gasteiger partial charge is 0.269 e. The minimum atomic E-state index is -0.356. The molecule has 0 fully saturated rings. The van der Waals surface area contributed by atoms with E-state index in [9.17, 15) is 10.1 Å². The first-order chi connectivity index (χ1) is 8.51. The third kappa shape index (κ3) is 3.45. The first kappa shape index (κ1) is 15.0. The summed E-state index contributed by atoms with van der Waals surface area (Å²) in [5, 5.41) is 11.4. The van der Waals surface area contributed by atoms with Crippen LogP contribution in [0.5, 0.6) is 0 Å². The second kappa shape index (κ2) is 6.73. The summed E-state index contributed by atoms with van der Waals surface area (Å²) in [7, 11) is 2.04. The summed E-state index contributed by atoms with van der Waals surface area (Å²) in [5.41, 5.74) is 2.15. The van der Waals surface area contributed by atoms with Crippen molar-refractivity contribution in [1.82, 2.24) is 0 Å². The number of rotatable bonds is 6. The number of hydrogen-bond acceptors (Lipinski definition) is 3. The molecular formula is C13H19BrN2O2. The predicted octanol–water partition coefficient (Wildman–Crippen LogP) is 4.11. The van der Waals surface area contributed by atoms with Gasteiger partial charge in [0.25, 0.3) is 5.69 Å². The van der Waals surface area contributed by atoms with E-state index in [2.05, 4.69) is 34.7 Å². The number of nitro groups is 1. The maximum Gasteiger partial charge on any atom is 0.269 e. The van der Waals surface area contributed by atoms with Gasteiger partial charge in [-0.2, -0.15) is 0 Å². The fourth-order valence-electron chi connectivity index (χ4n) is 1.99. The molecule has 0 spiro atoms. The zero-order valence-corrected chi connectivity index (χ0v) is 12.6. The van der Waals surface area contributed by atoms with Crippen molar-refractivity contribution in [3.8, 4) is 0 Å².